The Morgan fingerprint density at radius 1 is 1.21 bits per heavy atom. The number of thioether (sulfide) groups is 1. The van der Waals surface area contributed by atoms with Gasteiger partial charge >= 0.3 is 12.2 Å². The Morgan fingerprint density at radius 3 is 2.68 bits per heavy atom. The van der Waals surface area contributed by atoms with Crippen molar-refractivity contribution in [1.82, 2.24) is 4.90 Å². The molecule has 0 spiro atoms. The number of hydrogen-bond acceptors (Lipinski definition) is 8. The third-order valence-corrected chi connectivity index (χ3v) is 4.69. The Balaban J connectivity index is 1.85. The number of rotatable bonds is 9. The van der Waals surface area contributed by atoms with E-state index in [0.29, 0.717) is 24.5 Å². The van der Waals surface area contributed by atoms with Crippen molar-refractivity contribution in [2.45, 2.75) is 39.5 Å². The molecule has 0 bridgehead atoms. The van der Waals surface area contributed by atoms with Crippen LogP contribution in [0, 0.1) is 0 Å². The van der Waals surface area contributed by atoms with Crippen molar-refractivity contribution < 1.29 is 33.3 Å². The second-order valence-corrected chi connectivity index (χ2v) is 7.17. The molecule has 156 valence electrons. The molecule has 1 heterocycles. The summed E-state index contributed by atoms with van der Waals surface area (Å²) >= 11 is 1.55. The zero-order chi connectivity index (χ0) is 20.5. The summed E-state index contributed by atoms with van der Waals surface area (Å²) in [5, 5.41) is 0. The van der Waals surface area contributed by atoms with Gasteiger partial charge in [0.15, 0.2) is 11.5 Å². The van der Waals surface area contributed by atoms with Gasteiger partial charge in [-0.25, -0.2) is 9.59 Å². The summed E-state index contributed by atoms with van der Waals surface area (Å²) in [6.07, 6.45) is 0.0707. The number of carbonyl (C=O) groups excluding carboxylic acids is 2. The van der Waals surface area contributed by atoms with Crippen LogP contribution in [0.15, 0.2) is 18.2 Å². The van der Waals surface area contributed by atoms with Gasteiger partial charge < -0.3 is 28.6 Å². The Kier molecular flexibility index (Phi) is 8.56. The highest BCUT2D eigenvalue weighted by Gasteiger charge is 2.24. The molecule has 0 aliphatic carbocycles. The fourth-order valence-corrected chi connectivity index (χ4v) is 3.00. The molecule has 1 amide bonds. The van der Waals surface area contributed by atoms with Gasteiger partial charge in [-0.2, -0.15) is 11.8 Å². The zero-order valence-electron chi connectivity index (χ0n) is 16.6. The second-order valence-electron chi connectivity index (χ2n) is 6.19. The van der Waals surface area contributed by atoms with Crippen LogP contribution < -0.4 is 9.47 Å². The van der Waals surface area contributed by atoms with Crippen LogP contribution in [0.4, 0.5) is 9.59 Å². The van der Waals surface area contributed by atoms with Crippen LogP contribution in [0.5, 0.6) is 11.5 Å². The van der Waals surface area contributed by atoms with Gasteiger partial charge in [0.2, 0.25) is 13.1 Å². The summed E-state index contributed by atoms with van der Waals surface area (Å²) in [5.41, 5.74) is 1.02. The van der Waals surface area contributed by atoms with E-state index in [0.717, 1.165) is 11.3 Å². The Morgan fingerprint density at radius 2 is 1.96 bits per heavy atom. The number of likely N-dealkylation sites (N-methyl/N-ethyl adjacent to an activating group) is 1. The number of carbonyl (C=O) groups is 2. The highest BCUT2D eigenvalue weighted by molar-refractivity contribution is 7.98. The van der Waals surface area contributed by atoms with Crippen molar-refractivity contribution >= 4 is 24.0 Å². The number of benzene rings is 1. The average molecular weight is 413 g/mol. The number of nitrogens with zero attached hydrogens (tertiary/aromatic N) is 1. The molecule has 28 heavy (non-hydrogen) atoms. The first-order valence-electron chi connectivity index (χ1n) is 9.12. The van der Waals surface area contributed by atoms with E-state index in [2.05, 4.69) is 0 Å². The summed E-state index contributed by atoms with van der Waals surface area (Å²) in [6, 6.07) is 5.59. The molecule has 2 rings (SSSR count). The van der Waals surface area contributed by atoms with E-state index < -0.39 is 18.5 Å². The van der Waals surface area contributed by atoms with Crippen LogP contribution in [0.2, 0.25) is 0 Å². The lowest BCUT2D eigenvalue weighted by Gasteiger charge is -2.28. The van der Waals surface area contributed by atoms with E-state index in [1.165, 1.54) is 6.92 Å². The fourth-order valence-electron chi connectivity index (χ4n) is 2.75. The molecule has 0 aromatic heterocycles. The minimum absolute atomic E-state index is 0.126. The van der Waals surface area contributed by atoms with Gasteiger partial charge in [-0.05, 0) is 44.2 Å². The van der Waals surface area contributed by atoms with Crippen LogP contribution in [0.1, 0.15) is 26.3 Å². The molecule has 8 nitrogen and oxygen atoms in total. The monoisotopic (exact) mass is 413 g/mol. The zero-order valence-corrected chi connectivity index (χ0v) is 17.5. The van der Waals surface area contributed by atoms with E-state index in [1.54, 1.807) is 16.7 Å². The molecule has 2 atom stereocenters. The number of hydrogen-bond donors (Lipinski definition) is 0. The van der Waals surface area contributed by atoms with Gasteiger partial charge in [-0.3, -0.25) is 0 Å². The van der Waals surface area contributed by atoms with Gasteiger partial charge in [0.1, 0.15) is 6.61 Å². The van der Waals surface area contributed by atoms with Gasteiger partial charge in [0.05, 0.1) is 0 Å². The van der Waals surface area contributed by atoms with Crippen LogP contribution in [0.25, 0.3) is 0 Å². The lowest BCUT2D eigenvalue weighted by atomic mass is 10.1. The molecule has 1 aromatic carbocycles. The van der Waals surface area contributed by atoms with Gasteiger partial charge in [-0.1, -0.05) is 6.07 Å². The van der Waals surface area contributed by atoms with Gasteiger partial charge in [-0.15, -0.1) is 0 Å². The molecule has 9 heteroatoms. The van der Waals surface area contributed by atoms with Crippen molar-refractivity contribution in [3.05, 3.63) is 23.8 Å². The van der Waals surface area contributed by atoms with Crippen LogP contribution in [-0.2, 0) is 20.6 Å². The van der Waals surface area contributed by atoms with Crippen molar-refractivity contribution in [3.63, 3.8) is 0 Å². The molecule has 2 unspecified atom stereocenters. The van der Waals surface area contributed by atoms with Crippen LogP contribution >= 0.6 is 11.8 Å². The molecule has 0 saturated heterocycles. The second kappa shape index (κ2) is 10.9. The predicted molar refractivity (Wildman–Crippen MR) is 105 cm³/mol. The molecule has 0 radical (unpaired) electrons. The lowest BCUT2D eigenvalue weighted by molar-refractivity contribution is -0.0832. The first kappa shape index (κ1) is 22.0. The largest absolute Gasteiger partial charge is 0.511 e. The summed E-state index contributed by atoms with van der Waals surface area (Å²) < 4.78 is 25.7. The maximum Gasteiger partial charge on any atom is 0.511 e. The number of amides is 1. The smallest absolute Gasteiger partial charge is 0.454 e. The van der Waals surface area contributed by atoms with Gasteiger partial charge in [0, 0.05) is 25.3 Å². The maximum absolute atomic E-state index is 12.5. The summed E-state index contributed by atoms with van der Waals surface area (Å²) in [5.74, 6) is 2.10. The standard InChI is InChI=1S/C19H27NO7S/c1-5-20(18(21)26-14(3)27-19(22)23-8-9-28-4)13(2)10-15-6-7-16-17(11-15)25-12-24-16/h6-7,11,13-14H,5,8-10,12H2,1-4H3. The lowest BCUT2D eigenvalue weighted by Crippen LogP contribution is -2.41. The molecule has 1 aliphatic heterocycles. The summed E-state index contributed by atoms with van der Waals surface area (Å²) in [6.45, 7) is 6.18. The number of ether oxygens (including phenoxy) is 5. The highest BCUT2D eigenvalue weighted by Crippen LogP contribution is 2.33. The predicted octanol–water partition coefficient (Wildman–Crippen LogP) is 3.67. The van der Waals surface area contributed by atoms with E-state index in [4.69, 9.17) is 23.7 Å². The van der Waals surface area contributed by atoms with Crippen molar-refractivity contribution in [3.8, 4) is 11.5 Å². The van der Waals surface area contributed by atoms with E-state index >= 15 is 0 Å². The van der Waals surface area contributed by atoms with Crippen molar-refractivity contribution in [1.29, 1.82) is 0 Å². The minimum atomic E-state index is -1.04. The Hall–Kier alpha value is -2.29. The minimum Gasteiger partial charge on any atom is -0.454 e. The molecule has 0 saturated carbocycles. The number of fused-ring (bicyclic) bond motifs is 1. The molecule has 1 aliphatic rings. The van der Waals surface area contributed by atoms with Crippen molar-refractivity contribution in [2.75, 3.05) is 32.0 Å². The molecule has 1 aromatic rings. The first-order chi connectivity index (χ1) is 13.4. The molecule has 0 fully saturated rings. The van der Waals surface area contributed by atoms with E-state index in [1.807, 2.05) is 38.3 Å². The average Bonchev–Trinajstić information content (AvgIpc) is 3.10. The topological polar surface area (TPSA) is 83.5 Å². The SMILES string of the molecule is CCN(C(=O)OC(C)OC(=O)OCCSC)C(C)Cc1ccc2c(c1)OCO2. The van der Waals surface area contributed by atoms with E-state index in [9.17, 15) is 9.59 Å². The fraction of sp³-hybridized carbons (Fsp3) is 0.579. The highest BCUT2D eigenvalue weighted by atomic mass is 32.2. The third kappa shape index (κ3) is 6.40. The normalized spacial score (nSPS) is 14.1. The third-order valence-electron chi connectivity index (χ3n) is 4.11. The molecular formula is C19H27NO7S. The van der Waals surface area contributed by atoms with Gasteiger partial charge in [0.25, 0.3) is 0 Å². The maximum atomic E-state index is 12.5. The summed E-state index contributed by atoms with van der Waals surface area (Å²) in [4.78, 5) is 25.6. The molecule has 0 N–H and O–H groups in total. The van der Waals surface area contributed by atoms with Crippen LogP contribution in [-0.4, -0.2) is 61.4 Å². The Labute approximate surface area is 169 Å². The quantitative estimate of drug-likeness (QED) is 0.344. The first-order valence-corrected chi connectivity index (χ1v) is 10.5. The summed E-state index contributed by atoms with van der Waals surface area (Å²) in [7, 11) is 0. The van der Waals surface area contributed by atoms with Crippen molar-refractivity contribution in [2.24, 2.45) is 0 Å². The Bertz CT molecular complexity index is 670. The van der Waals surface area contributed by atoms with E-state index in [-0.39, 0.29) is 19.4 Å². The van der Waals surface area contributed by atoms with Crippen LogP contribution in [0.3, 0.4) is 0 Å². The molecular weight excluding hydrogens is 386 g/mol.